The van der Waals surface area contributed by atoms with E-state index in [2.05, 4.69) is 15.3 Å². The van der Waals surface area contributed by atoms with E-state index in [0.717, 1.165) is 11.3 Å². The molecule has 11 nitrogen and oxygen atoms in total. The number of aromatic nitrogens is 3. The van der Waals surface area contributed by atoms with Crippen LogP contribution in [0.15, 0.2) is 45.2 Å². The van der Waals surface area contributed by atoms with Gasteiger partial charge in [0, 0.05) is 30.4 Å². The quantitative estimate of drug-likeness (QED) is 0.424. The summed E-state index contributed by atoms with van der Waals surface area (Å²) in [7, 11) is -3.96. The zero-order valence-corrected chi connectivity index (χ0v) is 20.5. The minimum absolute atomic E-state index is 0.0746. The first-order valence-corrected chi connectivity index (χ1v) is 13.2. The Morgan fingerprint density at radius 1 is 1.11 bits per heavy atom. The molecule has 2 aromatic carbocycles. The lowest BCUT2D eigenvalue weighted by Crippen LogP contribution is -2.65. The van der Waals surface area contributed by atoms with Crippen molar-refractivity contribution in [3.05, 3.63) is 47.9 Å². The number of carbonyl (C=O) groups is 1. The van der Waals surface area contributed by atoms with Crippen molar-refractivity contribution in [1.29, 1.82) is 0 Å². The molecule has 2 saturated heterocycles. The summed E-state index contributed by atoms with van der Waals surface area (Å²) in [6.07, 6.45) is 0. The van der Waals surface area contributed by atoms with E-state index in [1.807, 2.05) is 0 Å². The molecule has 1 spiro atoms. The normalized spacial score (nSPS) is 17.7. The van der Waals surface area contributed by atoms with Gasteiger partial charge in [0.05, 0.1) is 24.3 Å². The van der Waals surface area contributed by atoms with Gasteiger partial charge in [-0.1, -0.05) is 23.5 Å². The molecule has 0 radical (unpaired) electrons. The fourth-order valence-corrected chi connectivity index (χ4v) is 6.51. The third-order valence-corrected chi connectivity index (χ3v) is 9.05. The summed E-state index contributed by atoms with van der Waals surface area (Å²) >= 11 is 0.869. The topological polar surface area (TPSA) is 145 Å². The molecule has 0 atom stereocenters. The number of ether oxygens (including phenoxy) is 1. The summed E-state index contributed by atoms with van der Waals surface area (Å²) in [5.74, 6) is -0.469. The highest BCUT2D eigenvalue weighted by molar-refractivity contribution is 7.91. The van der Waals surface area contributed by atoms with Gasteiger partial charge in [0.15, 0.2) is 9.34 Å². The summed E-state index contributed by atoms with van der Waals surface area (Å²) in [6, 6.07) is 9.30. The number of nitrogens with two attached hydrogens (primary N) is 1. The molecule has 2 aliphatic rings. The Morgan fingerprint density at radius 2 is 1.83 bits per heavy atom. The van der Waals surface area contributed by atoms with Crippen LogP contribution in [0.4, 0.5) is 20.0 Å². The van der Waals surface area contributed by atoms with Gasteiger partial charge >= 0.3 is 6.03 Å². The molecule has 14 heteroatoms. The standard InChI is InChI=1S/C22H19FN6O5S2/c1-12-19(36(24,31)32)35-20(25-12)29-9-22(10-33-11-22)8-28(21(29)30)15-4-2-13(3-5-15)16-6-14(23)7-17-18(16)27-34-26-17/h2-7H,8-11H2,1H3,(H2,24,31,32). The highest BCUT2D eigenvalue weighted by Gasteiger charge is 2.49. The van der Waals surface area contributed by atoms with Gasteiger partial charge in [-0.15, -0.1) is 0 Å². The Labute approximate surface area is 208 Å². The van der Waals surface area contributed by atoms with Crippen molar-refractivity contribution in [2.75, 3.05) is 36.1 Å². The minimum atomic E-state index is -3.96. The van der Waals surface area contributed by atoms with Crippen molar-refractivity contribution in [2.24, 2.45) is 10.6 Å². The molecule has 0 saturated carbocycles. The number of halogens is 1. The van der Waals surface area contributed by atoms with Crippen molar-refractivity contribution < 1.29 is 27.0 Å². The third-order valence-electron chi connectivity index (χ3n) is 6.31. The van der Waals surface area contributed by atoms with E-state index in [1.165, 1.54) is 17.0 Å². The first-order valence-electron chi connectivity index (χ1n) is 10.8. The maximum absolute atomic E-state index is 14.1. The second-order valence-electron chi connectivity index (χ2n) is 8.99. The van der Waals surface area contributed by atoms with Crippen molar-refractivity contribution >= 4 is 49.2 Å². The van der Waals surface area contributed by atoms with Crippen LogP contribution in [-0.2, 0) is 14.8 Å². The van der Waals surface area contributed by atoms with E-state index in [0.29, 0.717) is 54.2 Å². The predicted molar refractivity (Wildman–Crippen MR) is 129 cm³/mol. The van der Waals surface area contributed by atoms with Crippen molar-refractivity contribution in [1.82, 2.24) is 15.3 Å². The van der Waals surface area contributed by atoms with E-state index in [9.17, 15) is 17.6 Å². The van der Waals surface area contributed by atoms with Gasteiger partial charge in [0.1, 0.15) is 16.9 Å². The van der Waals surface area contributed by atoms with Gasteiger partial charge in [0.25, 0.3) is 0 Å². The number of hydrogen-bond donors (Lipinski definition) is 1. The van der Waals surface area contributed by atoms with Gasteiger partial charge < -0.3 is 4.74 Å². The number of fused-ring (bicyclic) bond motifs is 1. The van der Waals surface area contributed by atoms with Gasteiger partial charge in [-0.05, 0) is 41.0 Å². The van der Waals surface area contributed by atoms with Crippen LogP contribution in [0.1, 0.15) is 5.69 Å². The van der Waals surface area contributed by atoms with Crippen LogP contribution in [-0.4, -0.2) is 56.0 Å². The Balaban J connectivity index is 1.36. The molecule has 0 unspecified atom stereocenters. The first-order chi connectivity index (χ1) is 17.1. The molecule has 2 aliphatic heterocycles. The van der Waals surface area contributed by atoms with Crippen molar-refractivity contribution in [3.8, 4) is 11.1 Å². The van der Waals surface area contributed by atoms with E-state index < -0.39 is 15.8 Å². The summed E-state index contributed by atoms with van der Waals surface area (Å²) in [4.78, 5) is 21.0. The van der Waals surface area contributed by atoms with E-state index in [4.69, 9.17) is 14.5 Å². The summed E-state index contributed by atoms with van der Waals surface area (Å²) in [5, 5.41) is 13.2. The molecule has 2 amide bonds. The van der Waals surface area contributed by atoms with E-state index in [1.54, 1.807) is 36.1 Å². The molecule has 36 heavy (non-hydrogen) atoms. The van der Waals surface area contributed by atoms with Gasteiger partial charge in [-0.2, -0.15) is 0 Å². The summed E-state index contributed by atoms with van der Waals surface area (Å²) in [5.41, 5.74) is 2.47. The first kappa shape index (κ1) is 23.0. The Kier molecular flexibility index (Phi) is 5.12. The molecule has 186 valence electrons. The molecular weight excluding hydrogens is 511 g/mol. The smallest absolute Gasteiger partial charge is 0.330 e. The van der Waals surface area contributed by atoms with Crippen LogP contribution in [0, 0.1) is 18.2 Å². The van der Waals surface area contributed by atoms with Gasteiger partial charge in [-0.25, -0.2) is 32.4 Å². The molecule has 0 aliphatic carbocycles. The number of benzene rings is 2. The van der Waals surface area contributed by atoms with E-state index >= 15 is 0 Å². The van der Waals surface area contributed by atoms with Crippen LogP contribution in [0.3, 0.4) is 0 Å². The number of amides is 2. The van der Waals surface area contributed by atoms with Gasteiger partial charge in [-0.3, -0.25) is 9.80 Å². The van der Waals surface area contributed by atoms with Crippen LogP contribution in [0.2, 0.25) is 0 Å². The van der Waals surface area contributed by atoms with Crippen LogP contribution >= 0.6 is 11.3 Å². The highest BCUT2D eigenvalue weighted by Crippen LogP contribution is 2.40. The molecule has 2 aromatic heterocycles. The number of anilines is 2. The molecule has 4 aromatic rings. The highest BCUT2D eigenvalue weighted by atomic mass is 32.2. The Bertz CT molecular complexity index is 1610. The number of nitrogens with zero attached hydrogens (tertiary/aromatic N) is 5. The number of sulfonamides is 1. The molecular formula is C22H19FN6O5S2. The van der Waals surface area contributed by atoms with Crippen molar-refractivity contribution in [2.45, 2.75) is 11.1 Å². The van der Waals surface area contributed by atoms with Crippen molar-refractivity contribution in [3.63, 3.8) is 0 Å². The van der Waals surface area contributed by atoms with Crippen LogP contribution in [0.5, 0.6) is 0 Å². The van der Waals surface area contributed by atoms with Crippen LogP contribution < -0.4 is 14.9 Å². The number of thiazole rings is 1. The lowest BCUT2D eigenvalue weighted by atomic mass is 9.83. The number of urea groups is 1. The summed E-state index contributed by atoms with van der Waals surface area (Å²) in [6.45, 7) is 3.22. The van der Waals surface area contributed by atoms with Crippen LogP contribution in [0.25, 0.3) is 22.2 Å². The Morgan fingerprint density at radius 3 is 2.47 bits per heavy atom. The second kappa shape index (κ2) is 8.03. The zero-order valence-electron chi connectivity index (χ0n) is 18.8. The monoisotopic (exact) mass is 530 g/mol. The maximum Gasteiger partial charge on any atom is 0.330 e. The molecule has 6 rings (SSSR count). The number of aryl methyl sites for hydroxylation is 1. The molecule has 2 N–H and O–H groups in total. The minimum Gasteiger partial charge on any atom is -0.380 e. The fraction of sp³-hybridized carbons (Fsp3) is 0.273. The largest absolute Gasteiger partial charge is 0.380 e. The number of rotatable bonds is 4. The molecule has 0 bridgehead atoms. The van der Waals surface area contributed by atoms with E-state index in [-0.39, 0.29) is 26.5 Å². The average Bonchev–Trinajstić information content (AvgIpc) is 3.44. The van der Waals surface area contributed by atoms with Gasteiger partial charge in [0.2, 0.25) is 10.0 Å². The Hall–Kier alpha value is -3.46. The molecule has 2 fully saturated rings. The molecule has 4 heterocycles. The summed E-state index contributed by atoms with van der Waals surface area (Å²) < 4.78 is 48.1. The fourth-order valence-electron chi connectivity index (χ4n) is 4.57. The lowest BCUT2D eigenvalue weighted by molar-refractivity contribution is -0.103. The number of primary sulfonamides is 1. The average molecular weight is 531 g/mol. The predicted octanol–water partition coefficient (Wildman–Crippen LogP) is 2.90. The SMILES string of the molecule is Cc1nc(N2CC3(COC3)CN(c3ccc(-c4cc(F)cc5nonc45)cc3)C2=O)sc1S(N)(=O)=O. The number of carbonyl (C=O) groups excluding carboxylic acids is 1. The third kappa shape index (κ3) is 3.73. The number of hydrogen-bond acceptors (Lipinski definition) is 9. The maximum atomic E-state index is 14.1. The second-order valence-corrected chi connectivity index (χ2v) is 11.7. The lowest BCUT2D eigenvalue weighted by Gasteiger charge is -2.51. The zero-order chi connectivity index (χ0) is 25.2.